The predicted octanol–water partition coefficient (Wildman–Crippen LogP) is 5.08. The molecule has 0 atom stereocenters. The quantitative estimate of drug-likeness (QED) is 0.398. The molecule has 0 spiro atoms. The highest BCUT2D eigenvalue weighted by atomic mass is 32.2. The van der Waals surface area contributed by atoms with Gasteiger partial charge in [-0.1, -0.05) is 26.0 Å². The molecule has 158 valence electrons. The first-order valence-electron chi connectivity index (χ1n) is 9.72. The minimum Gasteiger partial charge on any atom is -0.348 e. The van der Waals surface area contributed by atoms with Crippen LogP contribution in [0.15, 0.2) is 40.8 Å². The summed E-state index contributed by atoms with van der Waals surface area (Å²) in [6.07, 6.45) is 1.62. The van der Waals surface area contributed by atoms with Crippen molar-refractivity contribution in [2.75, 3.05) is 19.4 Å². The van der Waals surface area contributed by atoms with Crippen molar-refractivity contribution >= 4 is 34.7 Å². The van der Waals surface area contributed by atoms with Gasteiger partial charge in [0.2, 0.25) is 0 Å². The molecule has 0 unspecified atom stereocenters. The highest BCUT2D eigenvalue weighted by Gasteiger charge is 2.16. The summed E-state index contributed by atoms with van der Waals surface area (Å²) in [6, 6.07) is 11.0. The monoisotopic (exact) mass is 424 g/mol. The zero-order chi connectivity index (χ0) is 22.4. The van der Waals surface area contributed by atoms with Gasteiger partial charge in [-0.15, -0.1) is 0 Å². The fraction of sp³-hybridized carbons (Fsp3) is 0.348. The second kappa shape index (κ2) is 10.2. The number of hydrogen-bond donors (Lipinski definition) is 1. The zero-order valence-electron chi connectivity index (χ0n) is 18.3. The van der Waals surface area contributed by atoms with E-state index in [1.54, 1.807) is 44.4 Å². The number of rotatable bonds is 6. The molecule has 7 heteroatoms. The van der Waals surface area contributed by atoms with E-state index in [0.29, 0.717) is 16.5 Å². The Morgan fingerprint density at radius 1 is 1.27 bits per heavy atom. The Morgan fingerprint density at radius 2 is 1.93 bits per heavy atom. The van der Waals surface area contributed by atoms with Gasteiger partial charge in [-0.3, -0.25) is 9.59 Å². The van der Waals surface area contributed by atoms with Gasteiger partial charge < -0.3 is 14.8 Å². The summed E-state index contributed by atoms with van der Waals surface area (Å²) in [5.41, 5.74) is 3.47. The first kappa shape index (κ1) is 23.3. The van der Waals surface area contributed by atoms with Gasteiger partial charge in [0.25, 0.3) is 11.1 Å². The normalized spacial score (nSPS) is 11.3. The lowest BCUT2D eigenvalue weighted by molar-refractivity contribution is -0.112. The summed E-state index contributed by atoms with van der Waals surface area (Å²) >= 11 is 1.02. The van der Waals surface area contributed by atoms with E-state index in [4.69, 9.17) is 0 Å². The topological polar surface area (TPSA) is 78.1 Å². The van der Waals surface area contributed by atoms with Crippen LogP contribution < -0.4 is 5.32 Å². The number of carbonyl (C=O) groups excluding carboxylic acids is 2. The van der Waals surface area contributed by atoms with Crippen molar-refractivity contribution in [1.29, 1.82) is 5.26 Å². The van der Waals surface area contributed by atoms with E-state index in [1.807, 2.05) is 26.0 Å². The van der Waals surface area contributed by atoms with Gasteiger partial charge >= 0.3 is 0 Å². The third-order valence-electron chi connectivity index (χ3n) is 4.52. The van der Waals surface area contributed by atoms with E-state index in [0.717, 1.165) is 35.3 Å². The van der Waals surface area contributed by atoms with Gasteiger partial charge in [0.05, 0.1) is 5.69 Å². The lowest BCUT2D eigenvalue weighted by Crippen LogP contribution is -2.17. The molecule has 1 N–H and O–H groups in total. The van der Waals surface area contributed by atoms with Crippen molar-refractivity contribution in [3.05, 3.63) is 52.9 Å². The summed E-state index contributed by atoms with van der Waals surface area (Å²) in [5, 5.41) is 12.2. The molecule has 0 saturated heterocycles. The number of benzene rings is 1. The van der Waals surface area contributed by atoms with Crippen LogP contribution >= 0.6 is 11.8 Å². The van der Waals surface area contributed by atoms with Crippen LogP contribution in [-0.2, 0) is 11.3 Å². The maximum atomic E-state index is 12.8. The molecule has 2 rings (SSSR count). The number of nitriles is 1. The molecule has 1 heterocycles. The van der Waals surface area contributed by atoms with Crippen LogP contribution in [-0.4, -0.2) is 34.7 Å². The Bertz CT molecular complexity index is 1010. The van der Waals surface area contributed by atoms with Gasteiger partial charge in [-0.2, -0.15) is 5.26 Å². The summed E-state index contributed by atoms with van der Waals surface area (Å²) in [5.74, 6) is -0.0132. The number of thioether (sulfide) groups is 1. The average Bonchev–Trinajstić information content (AvgIpc) is 2.94. The lowest BCUT2D eigenvalue weighted by Gasteiger charge is -2.13. The Morgan fingerprint density at radius 3 is 2.53 bits per heavy atom. The van der Waals surface area contributed by atoms with Gasteiger partial charge in [-0.05, 0) is 61.4 Å². The number of aryl methyl sites for hydroxylation is 1. The lowest BCUT2D eigenvalue weighted by atomic mass is 10.1. The second-order valence-corrected chi connectivity index (χ2v) is 8.71. The fourth-order valence-electron chi connectivity index (χ4n) is 2.96. The van der Waals surface area contributed by atoms with Crippen molar-refractivity contribution in [2.24, 2.45) is 5.92 Å². The van der Waals surface area contributed by atoms with E-state index in [2.05, 4.69) is 23.7 Å². The molecule has 0 bridgehead atoms. The maximum absolute atomic E-state index is 12.8. The van der Waals surface area contributed by atoms with Crippen LogP contribution in [0.1, 0.15) is 30.8 Å². The number of nitrogens with one attached hydrogen (secondary N) is 1. The molecule has 2 amide bonds. The molecule has 2 aromatic rings. The van der Waals surface area contributed by atoms with Crippen LogP contribution in [0.4, 0.5) is 10.5 Å². The third kappa shape index (κ3) is 5.77. The highest BCUT2D eigenvalue weighted by molar-refractivity contribution is 8.13. The molecule has 0 fully saturated rings. The molecule has 0 radical (unpaired) electrons. The molecule has 1 aromatic heterocycles. The molecular weight excluding hydrogens is 396 g/mol. The number of amides is 2. The van der Waals surface area contributed by atoms with Crippen molar-refractivity contribution in [1.82, 2.24) is 9.47 Å². The molecule has 1 aromatic carbocycles. The largest absolute Gasteiger partial charge is 0.348 e. The fourth-order valence-corrected chi connectivity index (χ4v) is 3.70. The van der Waals surface area contributed by atoms with Crippen LogP contribution in [0, 0.1) is 31.1 Å². The van der Waals surface area contributed by atoms with Gasteiger partial charge in [0, 0.05) is 36.9 Å². The zero-order valence-corrected chi connectivity index (χ0v) is 19.1. The number of aromatic nitrogens is 1. The molecule has 6 nitrogen and oxygen atoms in total. The molecule has 0 aliphatic carbocycles. The van der Waals surface area contributed by atoms with Crippen molar-refractivity contribution < 1.29 is 9.59 Å². The van der Waals surface area contributed by atoms with E-state index >= 15 is 0 Å². The average molecular weight is 425 g/mol. The molecule has 0 aliphatic heterocycles. The number of para-hydroxylation sites is 1. The third-order valence-corrected chi connectivity index (χ3v) is 5.64. The molecule has 30 heavy (non-hydrogen) atoms. The highest BCUT2D eigenvalue weighted by Crippen LogP contribution is 2.29. The van der Waals surface area contributed by atoms with E-state index in [9.17, 15) is 14.9 Å². The minimum atomic E-state index is -0.503. The Kier molecular flexibility index (Phi) is 7.90. The summed E-state index contributed by atoms with van der Waals surface area (Å²) in [6.45, 7) is 9.20. The first-order valence-corrected chi connectivity index (χ1v) is 10.5. The van der Waals surface area contributed by atoms with Gasteiger partial charge in [0.1, 0.15) is 11.6 Å². The Balaban J connectivity index is 2.29. The van der Waals surface area contributed by atoms with Gasteiger partial charge in [-0.25, -0.2) is 0 Å². The van der Waals surface area contributed by atoms with Crippen molar-refractivity contribution in [3.63, 3.8) is 0 Å². The minimum absolute atomic E-state index is 0.0125. The van der Waals surface area contributed by atoms with E-state index < -0.39 is 5.91 Å². The van der Waals surface area contributed by atoms with Crippen LogP contribution in [0.3, 0.4) is 0 Å². The number of carbonyl (C=O) groups is 2. The second-order valence-electron chi connectivity index (χ2n) is 7.71. The Hall–Kier alpha value is -2.98. The SMILES string of the molecule is Cc1cc(/C=C(\C#N)C(=O)Nc2ccccc2SC(=O)N(C)C)c(C)n1CC(C)C. The molecule has 0 aliphatic rings. The molecule has 0 saturated carbocycles. The maximum Gasteiger partial charge on any atom is 0.286 e. The summed E-state index contributed by atoms with van der Waals surface area (Å²) in [7, 11) is 3.34. The number of hydrogen-bond acceptors (Lipinski definition) is 4. The van der Waals surface area contributed by atoms with Crippen molar-refractivity contribution in [2.45, 2.75) is 39.1 Å². The van der Waals surface area contributed by atoms with Crippen LogP contribution in [0.5, 0.6) is 0 Å². The van der Waals surface area contributed by atoms with Gasteiger partial charge in [0.15, 0.2) is 0 Å². The van der Waals surface area contributed by atoms with Crippen LogP contribution in [0.25, 0.3) is 6.08 Å². The number of nitrogens with zero attached hydrogens (tertiary/aromatic N) is 3. The number of anilines is 1. The van der Waals surface area contributed by atoms with E-state index in [1.165, 1.54) is 4.90 Å². The predicted molar refractivity (Wildman–Crippen MR) is 122 cm³/mol. The standard InChI is InChI=1S/C23H28N4O2S/c1-15(2)14-27-16(3)11-18(17(27)4)12-19(13-24)22(28)25-20-9-7-8-10-21(20)30-23(29)26(5)6/h7-12,15H,14H2,1-6H3,(H,25,28)/b19-12+. The molecular formula is C23H28N4O2S. The summed E-state index contributed by atoms with van der Waals surface area (Å²) < 4.78 is 2.20. The van der Waals surface area contributed by atoms with Crippen molar-refractivity contribution in [3.8, 4) is 6.07 Å². The smallest absolute Gasteiger partial charge is 0.286 e. The summed E-state index contributed by atoms with van der Waals surface area (Å²) in [4.78, 5) is 26.9. The first-order chi connectivity index (χ1) is 14.1. The Labute approximate surface area is 182 Å². The van der Waals surface area contributed by atoms with Crippen LogP contribution in [0.2, 0.25) is 0 Å². The van der Waals surface area contributed by atoms with E-state index in [-0.39, 0.29) is 10.8 Å².